The standard InChI is InChI=1S/C24H30FN5O2/c1-17-13-20(14-18(2)27-17)28-9-11-29(12-10-28)23(31)15-22-24(32)26-7-8-30(22)16-19-5-3-4-6-21(19)25/h3-6,13-14,22H,7-12,15-16H2,1-2H3,(H,26,32)/t22-/m0/s1. The number of carbonyl (C=O) groups is 2. The third kappa shape index (κ3) is 5.07. The average molecular weight is 440 g/mol. The summed E-state index contributed by atoms with van der Waals surface area (Å²) in [5.41, 5.74) is 3.63. The van der Waals surface area contributed by atoms with E-state index in [0.29, 0.717) is 38.3 Å². The Balaban J connectivity index is 1.37. The fourth-order valence-electron chi connectivity index (χ4n) is 4.52. The summed E-state index contributed by atoms with van der Waals surface area (Å²) in [4.78, 5) is 36.1. The van der Waals surface area contributed by atoms with Crippen molar-refractivity contribution in [1.82, 2.24) is 20.1 Å². The molecule has 0 bridgehead atoms. The molecule has 0 aliphatic carbocycles. The largest absolute Gasteiger partial charge is 0.368 e. The van der Waals surface area contributed by atoms with Crippen LogP contribution in [0.5, 0.6) is 0 Å². The van der Waals surface area contributed by atoms with E-state index in [4.69, 9.17) is 0 Å². The molecule has 0 saturated carbocycles. The Morgan fingerprint density at radius 2 is 1.78 bits per heavy atom. The number of nitrogens with zero attached hydrogens (tertiary/aromatic N) is 4. The summed E-state index contributed by atoms with van der Waals surface area (Å²) in [6.45, 7) is 8.08. The Hall–Kier alpha value is -3.00. The van der Waals surface area contributed by atoms with Crippen molar-refractivity contribution >= 4 is 17.5 Å². The van der Waals surface area contributed by atoms with E-state index in [1.54, 1.807) is 18.2 Å². The first-order valence-corrected chi connectivity index (χ1v) is 11.1. The van der Waals surface area contributed by atoms with Gasteiger partial charge in [0.1, 0.15) is 5.82 Å². The van der Waals surface area contributed by atoms with Crippen LogP contribution in [0.15, 0.2) is 36.4 Å². The Bertz CT molecular complexity index is 970. The van der Waals surface area contributed by atoms with Crippen molar-refractivity contribution in [3.8, 4) is 0 Å². The Morgan fingerprint density at radius 1 is 1.09 bits per heavy atom. The zero-order chi connectivity index (χ0) is 22.7. The van der Waals surface area contributed by atoms with E-state index in [9.17, 15) is 14.0 Å². The van der Waals surface area contributed by atoms with Crippen molar-refractivity contribution in [2.75, 3.05) is 44.2 Å². The van der Waals surface area contributed by atoms with Gasteiger partial charge < -0.3 is 15.1 Å². The number of nitrogens with one attached hydrogen (secondary N) is 1. The van der Waals surface area contributed by atoms with Crippen molar-refractivity contribution in [3.05, 3.63) is 59.2 Å². The monoisotopic (exact) mass is 439 g/mol. The molecule has 3 heterocycles. The lowest BCUT2D eigenvalue weighted by Crippen LogP contribution is -2.57. The Labute approximate surface area is 188 Å². The summed E-state index contributed by atoms with van der Waals surface area (Å²) < 4.78 is 14.1. The maximum absolute atomic E-state index is 14.1. The van der Waals surface area contributed by atoms with E-state index >= 15 is 0 Å². The summed E-state index contributed by atoms with van der Waals surface area (Å²) in [5, 5.41) is 2.85. The normalized spacial score (nSPS) is 19.7. The van der Waals surface area contributed by atoms with Crippen molar-refractivity contribution < 1.29 is 14.0 Å². The summed E-state index contributed by atoms with van der Waals surface area (Å²) in [7, 11) is 0. The lowest BCUT2D eigenvalue weighted by Gasteiger charge is -2.39. The summed E-state index contributed by atoms with van der Waals surface area (Å²) in [6.07, 6.45) is 0.105. The number of carbonyl (C=O) groups excluding carboxylic acids is 2. The van der Waals surface area contributed by atoms with Crippen LogP contribution in [0.2, 0.25) is 0 Å². The van der Waals surface area contributed by atoms with Gasteiger partial charge in [0, 0.05) is 68.5 Å². The van der Waals surface area contributed by atoms with Gasteiger partial charge in [-0.1, -0.05) is 18.2 Å². The van der Waals surface area contributed by atoms with E-state index in [1.165, 1.54) is 6.07 Å². The van der Waals surface area contributed by atoms with Crippen LogP contribution in [0.4, 0.5) is 10.1 Å². The highest BCUT2D eigenvalue weighted by Gasteiger charge is 2.34. The Kier molecular flexibility index (Phi) is 6.69. The van der Waals surface area contributed by atoms with Gasteiger partial charge in [0.15, 0.2) is 0 Å². The van der Waals surface area contributed by atoms with Crippen molar-refractivity contribution in [1.29, 1.82) is 0 Å². The summed E-state index contributed by atoms with van der Waals surface area (Å²) in [5.74, 6) is -0.490. The van der Waals surface area contributed by atoms with E-state index < -0.39 is 6.04 Å². The third-order valence-corrected chi connectivity index (χ3v) is 6.20. The minimum absolute atomic E-state index is 0.0349. The molecule has 1 aromatic carbocycles. The van der Waals surface area contributed by atoms with Crippen LogP contribution in [-0.4, -0.2) is 71.9 Å². The van der Waals surface area contributed by atoms with E-state index in [0.717, 1.165) is 30.2 Å². The van der Waals surface area contributed by atoms with Gasteiger partial charge in [-0.15, -0.1) is 0 Å². The van der Waals surface area contributed by atoms with Crippen LogP contribution >= 0.6 is 0 Å². The maximum Gasteiger partial charge on any atom is 0.237 e. The number of aromatic nitrogens is 1. The minimum Gasteiger partial charge on any atom is -0.368 e. The molecule has 4 rings (SSSR count). The van der Waals surface area contributed by atoms with E-state index in [2.05, 4.69) is 27.3 Å². The number of pyridine rings is 1. The molecule has 1 atom stereocenters. The molecule has 8 heteroatoms. The number of anilines is 1. The van der Waals surface area contributed by atoms with Gasteiger partial charge >= 0.3 is 0 Å². The topological polar surface area (TPSA) is 68.8 Å². The highest BCUT2D eigenvalue weighted by molar-refractivity contribution is 5.89. The number of hydrogen-bond acceptors (Lipinski definition) is 5. The first-order valence-electron chi connectivity index (χ1n) is 11.1. The fraction of sp³-hybridized carbons (Fsp3) is 0.458. The second-order valence-electron chi connectivity index (χ2n) is 8.55. The van der Waals surface area contributed by atoms with Crippen LogP contribution in [0.25, 0.3) is 0 Å². The number of amides is 2. The number of aryl methyl sites for hydroxylation is 2. The fourth-order valence-corrected chi connectivity index (χ4v) is 4.52. The zero-order valence-corrected chi connectivity index (χ0v) is 18.7. The molecular formula is C24H30FN5O2. The van der Waals surface area contributed by atoms with E-state index in [-0.39, 0.29) is 24.1 Å². The zero-order valence-electron chi connectivity index (χ0n) is 18.7. The maximum atomic E-state index is 14.1. The van der Waals surface area contributed by atoms with Gasteiger partial charge in [-0.2, -0.15) is 0 Å². The van der Waals surface area contributed by atoms with Crippen LogP contribution < -0.4 is 10.2 Å². The quantitative estimate of drug-likeness (QED) is 0.771. The van der Waals surface area contributed by atoms with Gasteiger partial charge in [0.05, 0.1) is 12.5 Å². The van der Waals surface area contributed by atoms with Crippen molar-refractivity contribution in [2.45, 2.75) is 32.9 Å². The van der Waals surface area contributed by atoms with Crippen molar-refractivity contribution in [2.24, 2.45) is 0 Å². The van der Waals surface area contributed by atoms with Gasteiger partial charge in [0.2, 0.25) is 11.8 Å². The molecule has 1 aromatic heterocycles. The number of rotatable bonds is 5. The molecule has 0 unspecified atom stereocenters. The van der Waals surface area contributed by atoms with Crippen LogP contribution in [0, 0.1) is 19.7 Å². The highest BCUT2D eigenvalue weighted by atomic mass is 19.1. The SMILES string of the molecule is Cc1cc(N2CCN(C(=O)C[C@H]3C(=O)NCCN3Cc3ccccc3F)CC2)cc(C)n1. The number of halogens is 1. The molecule has 2 saturated heterocycles. The molecule has 1 N–H and O–H groups in total. The van der Waals surface area contributed by atoms with Crippen LogP contribution in [-0.2, 0) is 16.1 Å². The highest BCUT2D eigenvalue weighted by Crippen LogP contribution is 2.20. The molecule has 2 amide bonds. The molecule has 0 radical (unpaired) electrons. The van der Waals surface area contributed by atoms with Gasteiger partial charge in [0.25, 0.3) is 0 Å². The minimum atomic E-state index is -0.584. The molecule has 2 aliphatic heterocycles. The van der Waals surface area contributed by atoms with E-state index in [1.807, 2.05) is 23.6 Å². The Morgan fingerprint density at radius 3 is 2.47 bits per heavy atom. The average Bonchev–Trinajstić information content (AvgIpc) is 2.77. The molecule has 2 aromatic rings. The first-order chi connectivity index (χ1) is 15.4. The molecule has 32 heavy (non-hydrogen) atoms. The number of piperazine rings is 2. The summed E-state index contributed by atoms with van der Waals surface area (Å²) in [6, 6.07) is 10.1. The second-order valence-corrected chi connectivity index (χ2v) is 8.55. The molecule has 0 spiro atoms. The lowest BCUT2D eigenvalue weighted by atomic mass is 10.1. The molecule has 2 aliphatic rings. The third-order valence-electron chi connectivity index (χ3n) is 6.20. The van der Waals surface area contributed by atoms with Gasteiger partial charge in [-0.05, 0) is 32.0 Å². The molecular weight excluding hydrogens is 409 g/mol. The van der Waals surface area contributed by atoms with Gasteiger partial charge in [-0.3, -0.25) is 19.5 Å². The smallest absolute Gasteiger partial charge is 0.237 e. The first kappa shape index (κ1) is 22.2. The number of benzene rings is 1. The number of hydrogen-bond donors (Lipinski definition) is 1. The van der Waals surface area contributed by atoms with Crippen LogP contribution in [0.3, 0.4) is 0 Å². The molecule has 170 valence electrons. The lowest BCUT2D eigenvalue weighted by molar-refractivity contribution is -0.139. The van der Waals surface area contributed by atoms with Crippen LogP contribution in [0.1, 0.15) is 23.4 Å². The molecule has 7 nitrogen and oxygen atoms in total. The predicted octanol–water partition coefficient (Wildman–Crippen LogP) is 1.88. The second kappa shape index (κ2) is 9.65. The van der Waals surface area contributed by atoms with Gasteiger partial charge in [-0.25, -0.2) is 4.39 Å². The molecule has 2 fully saturated rings. The summed E-state index contributed by atoms with van der Waals surface area (Å²) >= 11 is 0. The van der Waals surface area contributed by atoms with Crippen molar-refractivity contribution in [3.63, 3.8) is 0 Å². The predicted molar refractivity (Wildman–Crippen MR) is 121 cm³/mol.